The third-order valence-corrected chi connectivity index (χ3v) is 3.32. The van der Waals surface area contributed by atoms with E-state index < -0.39 is 23.6 Å². The average Bonchev–Trinajstić information content (AvgIpc) is 3.20. The zero-order chi connectivity index (χ0) is 14.7. The van der Waals surface area contributed by atoms with Gasteiger partial charge in [-0.1, -0.05) is 12.1 Å². The number of carbonyl (C=O) groups is 2. The van der Waals surface area contributed by atoms with Crippen molar-refractivity contribution in [2.24, 2.45) is 11.8 Å². The van der Waals surface area contributed by atoms with Gasteiger partial charge in [0.05, 0.1) is 18.4 Å². The van der Waals surface area contributed by atoms with E-state index in [0.29, 0.717) is 6.42 Å². The number of aliphatic carboxylic acids is 1. The van der Waals surface area contributed by atoms with Crippen LogP contribution in [-0.4, -0.2) is 42.1 Å². The van der Waals surface area contributed by atoms with E-state index in [-0.39, 0.29) is 24.8 Å². The number of rotatable bonds is 6. The van der Waals surface area contributed by atoms with E-state index >= 15 is 0 Å². The number of likely N-dealkylation sites (N-methyl/N-ethyl adjacent to an activating group) is 1. The van der Waals surface area contributed by atoms with Gasteiger partial charge >= 0.3 is 5.97 Å². The Kier molecular flexibility index (Phi) is 4.22. The monoisotopic (exact) mass is 281 g/mol. The van der Waals surface area contributed by atoms with Gasteiger partial charge in [0.1, 0.15) is 6.61 Å². The molecule has 2 rings (SSSR count). The van der Waals surface area contributed by atoms with Gasteiger partial charge in [-0.15, -0.1) is 0 Å². The summed E-state index contributed by atoms with van der Waals surface area (Å²) in [7, 11) is 1.59. The first kappa shape index (κ1) is 14.3. The molecule has 5 nitrogen and oxygen atoms in total. The van der Waals surface area contributed by atoms with Crippen molar-refractivity contribution in [3.05, 3.63) is 30.1 Å². The van der Waals surface area contributed by atoms with Crippen LogP contribution in [0.2, 0.25) is 0 Å². The lowest BCUT2D eigenvalue weighted by molar-refractivity contribution is -0.141. The highest BCUT2D eigenvalue weighted by Crippen LogP contribution is 2.39. The van der Waals surface area contributed by atoms with E-state index in [4.69, 9.17) is 9.84 Å². The van der Waals surface area contributed by atoms with Crippen LogP contribution < -0.4 is 4.74 Å². The minimum atomic E-state index is -0.931. The first-order chi connectivity index (χ1) is 9.50. The number of hydrogen-bond acceptors (Lipinski definition) is 3. The number of para-hydroxylation sites is 1. The highest BCUT2D eigenvalue weighted by Gasteiger charge is 2.49. The summed E-state index contributed by atoms with van der Waals surface area (Å²) in [5.41, 5.74) is 0. The summed E-state index contributed by atoms with van der Waals surface area (Å²) >= 11 is 0. The van der Waals surface area contributed by atoms with Crippen molar-refractivity contribution in [3.8, 4) is 5.75 Å². The van der Waals surface area contributed by atoms with Crippen LogP contribution in [0.25, 0.3) is 0 Å². The average molecular weight is 281 g/mol. The second kappa shape index (κ2) is 5.90. The van der Waals surface area contributed by atoms with Crippen LogP contribution >= 0.6 is 0 Å². The maximum Gasteiger partial charge on any atom is 0.307 e. The molecule has 2 atom stereocenters. The number of halogens is 1. The first-order valence-corrected chi connectivity index (χ1v) is 6.36. The number of hydrogen-bond donors (Lipinski definition) is 1. The number of ether oxygens (including phenoxy) is 1. The Morgan fingerprint density at radius 2 is 2.10 bits per heavy atom. The maximum absolute atomic E-state index is 13.3. The van der Waals surface area contributed by atoms with Crippen molar-refractivity contribution in [1.82, 2.24) is 4.90 Å². The van der Waals surface area contributed by atoms with Crippen molar-refractivity contribution in [2.45, 2.75) is 6.42 Å². The molecule has 1 aliphatic carbocycles. The molecule has 0 saturated heterocycles. The van der Waals surface area contributed by atoms with Gasteiger partial charge in [0.2, 0.25) is 5.91 Å². The van der Waals surface area contributed by atoms with Gasteiger partial charge in [0.15, 0.2) is 11.6 Å². The van der Waals surface area contributed by atoms with E-state index in [9.17, 15) is 14.0 Å². The van der Waals surface area contributed by atoms with Crippen molar-refractivity contribution >= 4 is 11.9 Å². The summed E-state index contributed by atoms with van der Waals surface area (Å²) in [5, 5.41) is 8.77. The Balaban J connectivity index is 1.76. The molecule has 0 heterocycles. The minimum absolute atomic E-state index is 0.142. The van der Waals surface area contributed by atoms with Gasteiger partial charge in [-0.2, -0.15) is 0 Å². The number of benzene rings is 1. The number of nitrogens with zero attached hydrogens (tertiary/aromatic N) is 1. The molecule has 0 spiro atoms. The van der Waals surface area contributed by atoms with E-state index in [1.165, 1.54) is 17.0 Å². The van der Waals surface area contributed by atoms with Crippen LogP contribution in [0.3, 0.4) is 0 Å². The Hall–Kier alpha value is -2.11. The van der Waals surface area contributed by atoms with Gasteiger partial charge in [-0.05, 0) is 18.6 Å². The third-order valence-electron chi connectivity index (χ3n) is 3.32. The lowest BCUT2D eigenvalue weighted by atomic mass is 10.3. The van der Waals surface area contributed by atoms with E-state index in [1.807, 2.05) is 0 Å². The van der Waals surface area contributed by atoms with Crippen LogP contribution in [0.15, 0.2) is 24.3 Å². The molecule has 6 heteroatoms. The zero-order valence-electron chi connectivity index (χ0n) is 11.1. The first-order valence-electron chi connectivity index (χ1n) is 6.36. The zero-order valence-corrected chi connectivity index (χ0v) is 11.1. The Bertz CT molecular complexity index is 520. The van der Waals surface area contributed by atoms with Gasteiger partial charge in [0, 0.05) is 7.05 Å². The van der Waals surface area contributed by atoms with Gasteiger partial charge < -0.3 is 14.7 Å². The van der Waals surface area contributed by atoms with Crippen molar-refractivity contribution in [3.63, 3.8) is 0 Å². The van der Waals surface area contributed by atoms with Gasteiger partial charge in [-0.3, -0.25) is 9.59 Å². The third kappa shape index (κ3) is 3.26. The molecule has 20 heavy (non-hydrogen) atoms. The molecule has 1 fully saturated rings. The molecule has 1 aliphatic rings. The largest absolute Gasteiger partial charge is 0.489 e. The molecule has 1 amide bonds. The summed E-state index contributed by atoms with van der Waals surface area (Å²) in [5.74, 6) is -2.42. The Morgan fingerprint density at radius 3 is 2.70 bits per heavy atom. The SMILES string of the molecule is CN(CCOc1ccccc1F)C(=O)[C@H]1C[C@@H]1C(=O)O. The number of carboxylic acids is 1. The van der Waals surface area contributed by atoms with Crippen LogP contribution in [0.4, 0.5) is 4.39 Å². The van der Waals surface area contributed by atoms with Crippen molar-refractivity contribution < 1.29 is 23.8 Å². The molecule has 108 valence electrons. The summed E-state index contributed by atoms with van der Waals surface area (Å²) in [6.45, 7) is 0.448. The van der Waals surface area contributed by atoms with E-state index in [0.717, 1.165) is 0 Å². The second-order valence-electron chi connectivity index (χ2n) is 4.83. The molecule has 1 N–H and O–H groups in total. The highest BCUT2D eigenvalue weighted by molar-refractivity contribution is 5.89. The fraction of sp³-hybridized carbons (Fsp3) is 0.429. The molecule has 1 aromatic rings. The van der Waals surface area contributed by atoms with Gasteiger partial charge in [-0.25, -0.2) is 4.39 Å². The maximum atomic E-state index is 13.3. The lowest BCUT2D eigenvalue weighted by Gasteiger charge is -2.17. The molecular formula is C14H16FNO4. The predicted octanol–water partition coefficient (Wildman–Crippen LogP) is 1.38. The van der Waals surface area contributed by atoms with Gasteiger partial charge in [0.25, 0.3) is 0 Å². The quantitative estimate of drug-likeness (QED) is 0.855. The molecule has 0 aromatic heterocycles. The number of carboxylic acid groups (broad SMARTS) is 1. The Morgan fingerprint density at radius 1 is 1.40 bits per heavy atom. The Labute approximate surface area is 116 Å². The normalized spacial score (nSPS) is 20.3. The van der Waals surface area contributed by atoms with Crippen LogP contribution in [0.5, 0.6) is 5.75 Å². The number of amides is 1. The predicted molar refractivity (Wildman–Crippen MR) is 68.8 cm³/mol. The van der Waals surface area contributed by atoms with Crippen LogP contribution in [-0.2, 0) is 9.59 Å². The summed E-state index contributed by atoms with van der Waals surface area (Å²) in [6.07, 6.45) is 0.396. The smallest absolute Gasteiger partial charge is 0.307 e. The topological polar surface area (TPSA) is 66.8 Å². The van der Waals surface area contributed by atoms with Crippen LogP contribution in [0.1, 0.15) is 6.42 Å². The summed E-state index contributed by atoms with van der Waals surface area (Å²) in [4.78, 5) is 24.0. The van der Waals surface area contributed by atoms with Crippen molar-refractivity contribution in [2.75, 3.05) is 20.2 Å². The fourth-order valence-electron chi connectivity index (χ4n) is 1.99. The molecule has 1 aromatic carbocycles. The number of carbonyl (C=O) groups excluding carboxylic acids is 1. The summed E-state index contributed by atoms with van der Waals surface area (Å²) < 4.78 is 18.5. The molecule has 0 aliphatic heterocycles. The molecule has 0 radical (unpaired) electrons. The second-order valence-corrected chi connectivity index (χ2v) is 4.83. The van der Waals surface area contributed by atoms with Crippen molar-refractivity contribution in [1.29, 1.82) is 0 Å². The lowest BCUT2D eigenvalue weighted by Crippen LogP contribution is -2.32. The molecule has 0 unspecified atom stereocenters. The summed E-state index contributed by atoms with van der Waals surface area (Å²) in [6, 6.07) is 6.04. The molecule has 1 saturated carbocycles. The minimum Gasteiger partial charge on any atom is -0.489 e. The standard InChI is InChI=1S/C14H16FNO4/c1-16(13(17)9-8-10(9)14(18)19)6-7-20-12-5-3-2-4-11(12)15/h2-5,9-10H,6-8H2,1H3,(H,18,19)/t9-,10-/m0/s1. The fourth-order valence-corrected chi connectivity index (χ4v) is 1.99. The van der Waals surface area contributed by atoms with Crippen LogP contribution in [0, 0.1) is 17.7 Å². The highest BCUT2D eigenvalue weighted by atomic mass is 19.1. The van der Waals surface area contributed by atoms with E-state index in [1.54, 1.807) is 19.2 Å². The molecular weight excluding hydrogens is 265 g/mol. The molecule has 0 bridgehead atoms. The van der Waals surface area contributed by atoms with E-state index in [2.05, 4.69) is 0 Å².